The monoisotopic (exact) mass is 241 g/mol. The molecule has 2 heteroatoms. The van der Waals surface area contributed by atoms with E-state index in [2.05, 4.69) is 51.4 Å². The molecule has 0 aliphatic carbocycles. The largest absolute Gasteiger partial charge is 0.379 e. The lowest BCUT2D eigenvalue weighted by Crippen LogP contribution is -2.20. The summed E-state index contributed by atoms with van der Waals surface area (Å²) in [4.78, 5) is 2.41. The number of nitrogens with zero attached hydrogens (tertiary/aromatic N) is 1. The molecule has 0 radical (unpaired) electrons. The maximum atomic E-state index is 2.58. The highest BCUT2D eigenvalue weighted by Gasteiger charge is 2.13. The van der Waals surface area contributed by atoms with E-state index in [1.54, 1.807) is 0 Å². The number of rotatable bonds is 9. The predicted octanol–water partition coefficient (Wildman–Crippen LogP) is 4.21. The molecule has 0 rings (SSSR count). The number of hydrogen-bond donors (Lipinski definition) is 0. The second-order valence-electron chi connectivity index (χ2n) is 4.75. The van der Waals surface area contributed by atoms with Crippen molar-refractivity contribution in [3.05, 3.63) is 11.9 Å². The van der Waals surface area contributed by atoms with Crippen molar-refractivity contribution in [3.8, 4) is 0 Å². The van der Waals surface area contributed by atoms with Gasteiger partial charge in [0, 0.05) is 13.1 Å². The fourth-order valence-corrected chi connectivity index (χ4v) is 5.07. The smallest absolute Gasteiger partial charge is 0.0661 e. The first kappa shape index (κ1) is 15.8. The molecule has 2 unspecified atom stereocenters. The molecule has 96 valence electrons. The minimum Gasteiger partial charge on any atom is -0.379 e. The molecule has 0 saturated carbocycles. The van der Waals surface area contributed by atoms with Crippen molar-refractivity contribution in [2.45, 2.75) is 65.5 Å². The molecule has 2 atom stereocenters. The molecule has 0 amide bonds. The van der Waals surface area contributed by atoms with Crippen molar-refractivity contribution in [1.82, 2.24) is 4.90 Å². The molecule has 0 aromatic rings. The molecule has 0 spiro atoms. The summed E-state index contributed by atoms with van der Waals surface area (Å²) in [5, 5.41) is 0. The van der Waals surface area contributed by atoms with Crippen LogP contribution in [0.1, 0.15) is 53.9 Å². The molecule has 0 bridgehead atoms. The first-order valence-corrected chi connectivity index (χ1v) is 9.26. The van der Waals surface area contributed by atoms with E-state index in [1.165, 1.54) is 25.3 Å². The van der Waals surface area contributed by atoms with Crippen LogP contribution in [0.4, 0.5) is 0 Å². The third kappa shape index (κ3) is 6.36. The van der Waals surface area contributed by atoms with Gasteiger partial charge < -0.3 is 4.90 Å². The van der Waals surface area contributed by atoms with Gasteiger partial charge in [0.15, 0.2) is 0 Å². The Morgan fingerprint density at radius 3 is 2.19 bits per heavy atom. The molecule has 0 N–H and O–H groups in total. The van der Waals surface area contributed by atoms with Gasteiger partial charge in [-0.25, -0.2) is 0 Å². The Morgan fingerprint density at radius 2 is 1.75 bits per heavy atom. The molecule has 0 aromatic carbocycles. The quantitative estimate of drug-likeness (QED) is 0.547. The third-order valence-electron chi connectivity index (χ3n) is 3.62. The van der Waals surface area contributed by atoms with Gasteiger partial charge in [0.2, 0.25) is 0 Å². The molecule has 0 aromatic heterocycles. The van der Waals surface area contributed by atoms with Crippen LogP contribution in [0.15, 0.2) is 11.9 Å². The fraction of sp³-hybridized carbons (Fsp3) is 0.857. The van der Waals surface area contributed by atoms with Crippen molar-refractivity contribution in [2.75, 3.05) is 13.1 Å². The molecule has 0 fully saturated rings. The average Bonchev–Trinajstić information content (AvgIpc) is 2.33. The highest BCUT2D eigenvalue weighted by Crippen LogP contribution is 2.20. The summed E-state index contributed by atoms with van der Waals surface area (Å²) < 4.78 is 0. The molecule has 1 nitrogen and oxygen atoms in total. The summed E-state index contributed by atoms with van der Waals surface area (Å²) in [7, 11) is -0.652. The Hall–Kier alpha value is -0.243. The molecule has 0 saturated heterocycles. The summed E-state index contributed by atoms with van der Waals surface area (Å²) in [5.41, 5.74) is 3.54. The Bertz CT molecular complexity index is 176. The van der Waals surface area contributed by atoms with Crippen LogP contribution in [0.3, 0.4) is 0 Å². The highest BCUT2D eigenvalue weighted by molar-refractivity contribution is 6.65. The molecule has 0 heterocycles. The van der Waals surface area contributed by atoms with Crippen molar-refractivity contribution in [2.24, 2.45) is 0 Å². The number of hydrogen-bond acceptors (Lipinski definition) is 1. The molecule has 0 aliphatic heterocycles. The van der Waals surface area contributed by atoms with Gasteiger partial charge in [-0.2, -0.15) is 0 Å². The third-order valence-corrected chi connectivity index (χ3v) is 7.30. The van der Waals surface area contributed by atoms with Gasteiger partial charge in [0.1, 0.15) is 0 Å². The summed E-state index contributed by atoms with van der Waals surface area (Å²) >= 11 is 0. The van der Waals surface area contributed by atoms with Crippen LogP contribution in [0.25, 0.3) is 0 Å². The van der Waals surface area contributed by atoms with Gasteiger partial charge in [-0.3, -0.25) is 0 Å². The summed E-state index contributed by atoms with van der Waals surface area (Å²) in [6.07, 6.45) is 6.49. The molecular formula is C14H31NSi. The van der Waals surface area contributed by atoms with Gasteiger partial charge in [0.25, 0.3) is 0 Å². The van der Waals surface area contributed by atoms with Gasteiger partial charge in [-0.15, -0.1) is 0 Å². The second kappa shape index (κ2) is 9.95. The van der Waals surface area contributed by atoms with Crippen LogP contribution in [-0.2, 0) is 0 Å². The van der Waals surface area contributed by atoms with Gasteiger partial charge in [-0.1, -0.05) is 51.8 Å². The van der Waals surface area contributed by atoms with Crippen LogP contribution in [0.5, 0.6) is 0 Å². The Labute approximate surface area is 105 Å². The summed E-state index contributed by atoms with van der Waals surface area (Å²) in [5.74, 6) is 0. The van der Waals surface area contributed by atoms with Crippen LogP contribution < -0.4 is 0 Å². The zero-order chi connectivity index (χ0) is 12.4. The standard InChI is InChI=1S/C14H31NSi/c1-6-10-12-16(14(5)7-2)13-11-15(8-3)9-4/h11,13-14,16H,6-10,12H2,1-5H3. The van der Waals surface area contributed by atoms with Crippen molar-refractivity contribution in [1.29, 1.82) is 0 Å². The molecular weight excluding hydrogens is 210 g/mol. The maximum absolute atomic E-state index is 2.58. The predicted molar refractivity (Wildman–Crippen MR) is 78.6 cm³/mol. The molecule has 16 heavy (non-hydrogen) atoms. The van der Waals surface area contributed by atoms with Crippen LogP contribution >= 0.6 is 0 Å². The minimum atomic E-state index is -0.652. The average molecular weight is 241 g/mol. The lowest BCUT2D eigenvalue weighted by Gasteiger charge is -2.20. The van der Waals surface area contributed by atoms with E-state index in [0.29, 0.717) is 0 Å². The van der Waals surface area contributed by atoms with Gasteiger partial charge in [-0.05, 0) is 25.6 Å². The van der Waals surface area contributed by atoms with Crippen molar-refractivity contribution < 1.29 is 0 Å². The van der Waals surface area contributed by atoms with E-state index < -0.39 is 8.80 Å². The number of unbranched alkanes of at least 4 members (excludes halogenated alkanes) is 1. The van der Waals surface area contributed by atoms with E-state index >= 15 is 0 Å². The van der Waals surface area contributed by atoms with Crippen LogP contribution in [-0.4, -0.2) is 26.8 Å². The first-order chi connectivity index (χ1) is 7.69. The second-order valence-corrected chi connectivity index (χ2v) is 8.18. The zero-order valence-corrected chi connectivity index (χ0v) is 13.2. The lowest BCUT2D eigenvalue weighted by atomic mass is 10.4. The van der Waals surface area contributed by atoms with Gasteiger partial charge in [0.05, 0.1) is 8.80 Å². The van der Waals surface area contributed by atoms with Crippen molar-refractivity contribution in [3.63, 3.8) is 0 Å². The fourth-order valence-electron chi connectivity index (χ4n) is 1.98. The maximum Gasteiger partial charge on any atom is 0.0661 e. The lowest BCUT2D eigenvalue weighted by molar-refractivity contribution is 0.419. The first-order valence-electron chi connectivity index (χ1n) is 7.11. The topological polar surface area (TPSA) is 3.24 Å². The van der Waals surface area contributed by atoms with Crippen LogP contribution in [0.2, 0.25) is 11.6 Å². The normalized spacial score (nSPS) is 15.3. The van der Waals surface area contributed by atoms with Gasteiger partial charge >= 0.3 is 0 Å². The summed E-state index contributed by atoms with van der Waals surface area (Å²) in [6.45, 7) is 13.8. The Morgan fingerprint density at radius 1 is 1.12 bits per heavy atom. The Balaban J connectivity index is 4.27. The minimum absolute atomic E-state index is 0.652. The van der Waals surface area contributed by atoms with Crippen molar-refractivity contribution >= 4 is 8.80 Å². The van der Waals surface area contributed by atoms with E-state index in [0.717, 1.165) is 18.6 Å². The molecule has 0 aliphatic rings. The van der Waals surface area contributed by atoms with E-state index in [1.807, 2.05) is 0 Å². The summed E-state index contributed by atoms with van der Waals surface area (Å²) in [6, 6.07) is 1.49. The SMILES string of the molecule is CCCC[SiH](C=CN(CC)CC)C(C)CC. The highest BCUT2D eigenvalue weighted by atomic mass is 28.3. The van der Waals surface area contributed by atoms with E-state index in [-0.39, 0.29) is 0 Å². The van der Waals surface area contributed by atoms with Crippen LogP contribution in [0, 0.1) is 0 Å². The van der Waals surface area contributed by atoms with E-state index in [4.69, 9.17) is 0 Å². The zero-order valence-electron chi connectivity index (χ0n) is 12.0. The Kier molecular flexibility index (Phi) is 9.79. The van der Waals surface area contributed by atoms with E-state index in [9.17, 15) is 0 Å².